The summed E-state index contributed by atoms with van der Waals surface area (Å²) in [5.41, 5.74) is 5.50. The monoisotopic (exact) mass is 369 g/mol. The van der Waals surface area contributed by atoms with E-state index in [1.807, 2.05) is 0 Å². The van der Waals surface area contributed by atoms with Gasteiger partial charge in [-0.2, -0.15) is 0 Å². The van der Waals surface area contributed by atoms with Crippen LogP contribution in [0, 0.1) is 11.2 Å². The zero-order valence-electron chi connectivity index (χ0n) is 12.7. The summed E-state index contributed by atoms with van der Waals surface area (Å²) in [6.07, 6.45) is 0. The summed E-state index contributed by atoms with van der Waals surface area (Å²) in [7, 11) is -3.71. The van der Waals surface area contributed by atoms with Crippen molar-refractivity contribution in [3.05, 3.63) is 64.9 Å². The predicted molar refractivity (Wildman–Crippen MR) is 90.1 cm³/mol. The first-order valence-corrected chi connectivity index (χ1v) is 9.35. The van der Waals surface area contributed by atoms with Gasteiger partial charge in [-0.05, 0) is 42.0 Å². The summed E-state index contributed by atoms with van der Waals surface area (Å²) < 4.78 is 39.2. The van der Waals surface area contributed by atoms with E-state index in [4.69, 9.17) is 17.3 Å². The molecule has 0 amide bonds. The molecule has 2 aromatic carbocycles. The highest BCUT2D eigenvalue weighted by Crippen LogP contribution is 2.63. The largest absolute Gasteiger partial charge is 0.396 e. The fourth-order valence-corrected chi connectivity index (χ4v) is 5.96. The third-order valence-corrected chi connectivity index (χ3v) is 7.35. The van der Waals surface area contributed by atoms with Crippen LogP contribution in [0.25, 0.3) is 0 Å². The molecule has 1 aliphatic rings. The van der Waals surface area contributed by atoms with E-state index in [1.54, 1.807) is 0 Å². The second kappa shape index (κ2) is 6.11. The van der Waals surface area contributed by atoms with Gasteiger partial charge in [0.05, 0.1) is 16.8 Å². The van der Waals surface area contributed by atoms with Crippen LogP contribution in [0.1, 0.15) is 11.5 Å². The molecule has 1 saturated carbocycles. The number of rotatable bonds is 5. The Labute approximate surface area is 145 Å². The Bertz CT molecular complexity index is 833. The topological polar surface area (TPSA) is 80.4 Å². The van der Waals surface area contributed by atoms with Crippen LogP contribution in [0.5, 0.6) is 0 Å². The van der Waals surface area contributed by atoms with Gasteiger partial charge in [0.25, 0.3) is 0 Å². The number of aliphatic hydroxyl groups is 1. The number of hydrogen-bond donors (Lipinski definition) is 2. The lowest BCUT2D eigenvalue weighted by molar-refractivity contribution is 0.212. The van der Waals surface area contributed by atoms with Crippen molar-refractivity contribution in [3.63, 3.8) is 0 Å². The molecule has 0 aromatic heterocycles. The maximum atomic E-state index is 13.2. The Hall–Kier alpha value is -1.47. The third-order valence-electron chi connectivity index (χ3n) is 4.76. The minimum atomic E-state index is -3.71. The van der Waals surface area contributed by atoms with Crippen LogP contribution in [-0.4, -0.2) is 31.9 Å². The molecular formula is C17H17ClFNO3S. The first-order valence-electron chi connectivity index (χ1n) is 7.42. The molecule has 0 aliphatic heterocycles. The highest BCUT2D eigenvalue weighted by Gasteiger charge is 2.70. The van der Waals surface area contributed by atoms with Crippen molar-refractivity contribution in [2.24, 2.45) is 11.1 Å². The minimum absolute atomic E-state index is 0.0169. The summed E-state index contributed by atoms with van der Waals surface area (Å²) in [6, 6.07) is 11.5. The number of benzene rings is 2. The lowest BCUT2D eigenvalue weighted by atomic mass is 10.0. The van der Waals surface area contributed by atoms with Gasteiger partial charge in [0, 0.05) is 22.9 Å². The second-order valence-corrected chi connectivity index (χ2v) is 8.55. The molecule has 3 rings (SSSR count). The van der Waals surface area contributed by atoms with E-state index in [2.05, 4.69) is 0 Å². The normalized spacial score (nSPS) is 26.3. The predicted octanol–water partition coefficient (Wildman–Crippen LogP) is 2.36. The molecule has 3 unspecified atom stereocenters. The van der Waals surface area contributed by atoms with Crippen LogP contribution in [0.4, 0.5) is 4.39 Å². The number of halogens is 2. The Morgan fingerprint density at radius 3 is 2.21 bits per heavy atom. The highest BCUT2D eigenvalue weighted by atomic mass is 35.5. The van der Waals surface area contributed by atoms with Crippen molar-refractivity contribution in [1.82, 2.24) is 0 Å². The number of aliphatic hydroxyl groups excluding tert-OH is 1. The number of hydrogen-bond acceptors (Lipinski definition) is 4. The lowest BCUT2D eigenvalue weighted by Gasteiger charge is -2.12. The van der Waals surface area contributed by atoms with E-state index in [1.165, 1.54) is 48.5 Å². The van der Waals surface area contributed by atoms with E-state index in [0.29, 0.717) is 10.6 Å². The Kier molecular flexibility index (Phi) is 4.42. The van der Waals surface area contributed by atoms with E-state index >= 15 is 0 Å². The molecule has 0 spiro atoms. The fraction of sp³-hybridized carbons (Fsp3) is 0.294. The molecule has 24 heavy (non-hydrogen) atoms. The van der Waals surface area contributed by atoms with Crippen LogP contribution in [0.3, 0.4) is 0 Å². The third kappa shape index (κ3) is 2.63. The summed E-state index contributed by atoms with van der Waals surface area (Å²) in [5, 5.41) is 9.41. The maximum absolute atomic E-state index is 13.2. The van der Waals surface area contributed by atoms with Gasteiger partial charge in [-0.15, -0.1) is 0 Å². The first kappa shape index (κ1) is 17.4. The lowest BCUT2D eigenvalue weighted by Crippen LogP contribution is -2.27. The van der Waals surface area contributed by atoms with Crippen LogP contribution >= 0.6 is 11.6 Å². The zero-order chi connectivity index (χ0) is 17.5. The van der Waals surface area contributed by atoms with Crippen molar-refractivity contribution in [3.8, 4) is 0 Å². The summed E-state index contributed by atoms with van der Waals surface area (Å²) >= 11 is 5.82. The van der Waals surface area contributed by atoms with Gasteiger partial charge in [-0.1, -0.05) is 23.7 Å². The van der Waals surface area contributed by atoms with E-state index in [-0.39, 0.29) is 18.0 Å². The highest BCUT2D eigenvalue weighted by molar-refractivity contribution is 7.92. The van der Waals surface area contributed by atoms with E-state index in [9.17, 15) is 17.9 Å². The molecule has 0 saturated heterocycles. The van der Waals surface area contributed by atoms with Crippen LogP contribution < -0.4 is 5.73 Å². The average molecular weight is 370 g/mol. The molecule has 7 heteroatoms. The molecule has 128 valence electrons. The Morgan fingerprint density at radius 1 is 1.12 bits per heavy atom. The smallest absolute Gasteiger partial charge is 0.182 e. The van der Waals surface area contributed by atoms with Crippen molar-refractivity contribution < 1.29 is 17.9 Å². The summed E-state index contributed by atoms with van der Waals surface area (Å²) in [6.45, 7) is -0.341. The molecule has 0 bridgehead atoms. The molecule has 0 radical (unpaired) electrons. The van der Waals surface area contributed by atoms with Crippen LogP contribution in [-0.2, 0) is 9.84 Å². The molecule has 1 aliphatic carbocycles. The van der Waals surface area contributed by atoms with Crippen LogP contribution in [0.2, 0.25) is 5.02 Å². The van der Waals surface area contributed by atoms with Crippen LogP contribution in [0.15, 0.2) is 53.4 Å². The van der Waals surface area contributed by atoms with Gasteiger partial charge in [-0.3, -0.25) is 0 Å². The first-order chi connectivity index (χ1) is 11.4. The van der Waals surface area contributed by atoms with Crippen molar-refractivity contribution in [1.29, 1.82) is 0 Å². The van der Waals surface area contributed by atoms with Crippen molar-refractivity contribution in [2.45, 2.75) is 16.1 Å². The molecular weight excluding hydrogens is 353 g/mol. The van der Waals surface area contributed by atoms with Gasteiger partial charge >= 0.3 is 0 Å². The molecule has 2 aromatic rings. The quantitative estimate of drug-likeness (QED) is 0.847. The van der Waals surface area contributed by atoms with Gasteiger partial charge in [-0.25, -0.2) is 12.8 Å². The van der Waals surface area contributed by atoms with Gasteiger partial charge in [0.1, 0.15) is 5.82 Å². The van der Waals surface area contributed by atoms with Gasteiger partial charge in [0.15, 0.2) is 9.84 Å². The Morgan fingerprint density at radius 2 is 1.71 bits per heavy atom. The van der Waals surface area contributed by atoms with Gasteiger partial charge in [0.2, 0.25) is 0 Å². The number of nitrogens with two attached hydrogens (primary N) is 1. The average Bonchev–Trinajstić information content (AvgIpc) is 3.26. The molecule has 3 atom stereocenters. The maximum Gasteiger partial charge on any atom is 0.182 e. The van der Waals surface area contributed by atoms with Crippen molar-refractivity contribution >= 4 is 21.4 Å². The molecule has 4 nitrogen and oxygen atoms in total. The van der Waals surface area contributed by atoms with Gasteiger partial charge < -0.3 is 10.8 Å². The number of sulfone groups is 1. The van der Waals surface area contributed by atoms with E-state index < -0.39 is 32.2 Å². The van der Waals surface area contributed by atoms with E-state index in [0.717, 1.165) is 0 Å². The second-order valence-electron chi connectivity index (χ2n) is 6.04. The zero-order valence-corrected chi connectivity index (χ0v) is 14.3. The fourth-order valence-electron chi connectivity index (χ4n) is 3.39. The standard InChI is InChI=1S/C17H17ClFNO3S/c18-12-3-7-14(8-4-12)24(22,23)16-15(17(16,9-20)10-21)11-1-5-13(19)6-2-11/h1-8,15-16,21H,9-10,20H2. The summed E-state index contributed by atoms with van der Waals surface area (Å²) in [5.74, 6) is -0.882. The molecule has 0 heterocycles. The summed E-state index contributed by atoms with van der Waals surface area (Å²) in [4.78, 5) is 0.132. The Balaban J connectivity index is 2.04. The van der Waals surface area contributed by atoms with Crippen molar-refractivity contribution in [2.75, 3.05) is 13.2 Å². The minimum Gasteiger partial charge on any atom is -0.396 e. The molecule has 1 fully saturated rings. The molecule has 3 N–H and O–H groups in total. The SMILES string of the molecule is NCC1(CO)C(c2ccc(F)cc2)C1S(=O)(=O)c1ccc(Cl)cc1.